The van der Waals surface area contributed by atoms with Crippen LogP contribution in [0, 0.1) is 0 Å². The van der Waals surface area contributed by atoms with E-state index in [9.17, 15) is 13.2 Å². The van der Waals surface area contributed by atoms with Crippen molar-refractivity contribution in [3.63, 3.8) is 0 Å². The molecule has 3 N–H and O–H groups in total. The van der Waals surface area contributed by atoms with Crippen LogP contribution in [-0.2, 0) is 21.4 Å². The molecule has 8 nitrogen and oxygen atoms in total. The van der Waals surface area contributed by atoms with Gasteiger partial charge in [0.15, 0.2) is 5.65 Å². The van der Waals surface area contributed by atoms with E-state index in [0.29, 0.717) is 5.65 Å². The van der Waals surface area contributed by atoms with Gasteiger partial charge in [0, 0.05) is 11.6 Å². The number of nitrogens with zero attached hydrogens (tertiary/aromatic N) is 2. The highest BCUT2D eigenvalue weighted by Crippen LogP contribution is 2.11. The summed E-state index contributed by atoms with van der Waals surface area (Å²) in [5, 5.41) is 10.2. The van der Waals surface area contributed by atoms with Gasteiger partial charge >= 0.3 is 0 Å². The SMILES string of the molecule is CS(=O)(=O)NCC(=O)NCc1[nH]nc2ncccc12. The van der Waals surface area contributed by atoms with Crippen LogP contribution in [0.25, 0.3) is 11.0 Å². The van der Waals surface area contributed by atoms with Gasteiger partial charge in [-0.3, -0.25) is 9.89 Å². The maximum Gasteiger partial charge on any atom is 0.235 e. The fourth-order valence-corrected chi connectivity index (χ4v) is 1.88. The molecule has 0 aliphatic rings. The monoisotopic (exact) mass is 283 g/mol. The molecule has 2 aromatic rings. The van der Waals surface area contributed by atoms with Gasteiger partial charge in [-0.1, -0.05) is 0 Å². The molecule has 0 radical (unpaired) electrons. The van der Waals surface area contributed by atoms with E-state index in [-0.39, 0.29) is 13.1 Å². The largest absolute Gasteiger partial charge is 0.349 e. The molecule has 19 heavy (non-hydrogen) atoms. The molecule has 0 fully saturated rings. The predicted octanol–water partition coefficient (Wildman–Crippen LogP) is -0.877. The molecule has 1 amide bonds. The lowest BCUT2D eigenvalue weighted by molar-refractivity contribution is -0.120. The molecule has 102 valence electrons. The van der Waals surface area contributed by atoms with Crippen molar-refractivity contribution >= 4 is 27.0 Å². The Hall–Kier alpha value is -2.00. The average Bonchev–Trinajstić information content (AvgIpc) is 2.76. The molecule has 0 aliphatic carbocycles. The Morgan fingerprint density at radius 3 is 3.00 bits per heavy atom. The Bertz CT molecular complexity index is 694. The zero-order valence-corrected chi connectivity index (χ0v) is 11.0. The number of carbonyl (C=O) groups is 1. The standard InChI is InChI=1S/C10H13N5O3S/c1-19(17,18)13-6-9(16)12-5-8-7-3-2-4-11-10(7)15-14-8/h2-4,13H,5-6H2,1H3,(H,12,16)(H,11,14,15). The smallest absolute Gasteiger partial charge is 0.235 e. The Kier molecular flexibility index (Phi) is 3.76. The highest BCUT2D eigenvalue weighted by atomic mass is 32.2. The first-order valence-corrected chi connectivity index (χ1v) is 7.34. The van der Waals surface area contributed by atoms with E-state index >= 15 is 0 Å². The molecule has 0 atom stereocenters. The normalized spacial score (nSPS) is 11.6. The molecule has 0 unspecified atom stereocenters. The van der Waals surface area contributed by atoms with E-state index in [2.05, 4.69) is 25.2 Å². The number of H-pyrrole nitrogens is 1. The van der Waals surface area contributed by atoms with E-state index in [1.54, 1.807) is 12.3 Å². The summed E-state index contributed by atoms with van der Waals surface area (Å²) in [6, 6.07) is 3.61. The van der Waals surface area contributed by atoms with Crippen LogP contribution in [0.1, 0.15) is 5.69 Å². The molecule has 0 saturated heterocycles. The maximum absolute atomic E-state index is 11.4. The Morgan fingerprint density at radius 2 is 2.26 bits per heavy atom. The summed E-state index contributed by atoms with van der Waals surface area (Å²) in [4.78, 5) is 15.5. The third-order valence-electron chi connectivity index (χ3n) is 2.37. The molecule has 2 aromatic heterocycles. The number of amides is 1. The fraction of sp³-hybridized carbons (Fsp3) is 0.300. The number of sulfonamides is 1. The lowest BCUT2D eigenvalue weighted by atomic mass is 10.2. The van der Waals surface area contributed by atoms with E-state index in [1.165, 1.54) is 0 Å². The van der Waals surface area contributed by atoms with Crippen molar-refractivity contribution in [2.75, 3.05) is 12.8 Å². The van der Waals surface area contributed by atoms with Crippen LogP contribution in [0.15, 0.2) is 18.3 Å². The van der Waals surface area contributed by atoms with Gasteiger partial charge in [-0.25, -0.2) is 18.1 Å². The van der Waals surface area contributed by atoms with Crippen LogP contribution >= 0.6 is 0 Å². The number of fused-ring (bicyclic) bond motifs is 1. The quantitative estimate of drug-likeness (QED) is 0.659. The summed E-state index contributed by atoms with van der Waals surface area (Å²) < 4.78 is 23.8. The van der Waals surface area contributed by atoms with Gasteiger partial charge in [0.05, 0.1) is 25.0 Å². The highest BCUT2D eigenvalue weighted by molar-refractivity contribution is 7.88. The number of hydrogen-bond acceptors (Lipinski definition) is 5. The Morgan fingerprint density at radius 1 is 1.47 bits per heavy atom. The zero-order valence-electron chi connectivity index (χ0n) is 10.2. The molecule has 2 rings (SSSR count). The summed E-state index contributed by atoms with van der Waals surface area (Å²) in [7, 11) is -3.37. The number of nitrogens with one attached hydrogen (secondary N) is 3. The van der Waals surface area contributed by atoms with Gasteiger partial charge in [0.1, 0.15) is 0 Å². The number of carbonyl (C=O) groups excluding carboxylic acids is 1. The van der Waals surface area contributed by atoms with Crippen molar-refractivity contribution in [1.82, 2.24) is 25.2 Å². The van der Waals surface area contributed by atoms with Crippen molar-refractivity contribution in [1.29, 1.82) is 0 Å². The summed E-state index contributed by atoms with van der Waals surface area (Å²) in [5.74, 6) is -0.419. The number of aromatic amines is 1. The van der Waals surface area contributed by atoms with Crippen LogP contribution < -0.4 is 10.0 Å². The topological polar surface area (TPSA) is 117 Å². The van der Waals surface area contributed by atoms with Gasteiger partial charge in [-0.2, -0.15) is 5.10 Å². The van der Waals surface area contributed by atoms with E-state index < -0.39 is 15.9 Å². The van der Waals surface area contributed by atoms with Crippen LogP contribution in [0.3, 0.4) is 0 Å². The minimum absolute atomic E-state index is 0.229. The second kappa shape index (κ2) is 5.33. The first-order chi connectivity index (χ1) is 8.96. The van der Waals surface area contributed by atoms with Crippen LogP contribution in [-0.4, -0.2) is 42.3 Å². The lowest BCUT2D eigenvalue weighted by Crippen LogP contribution is -2.36. The molecular formula is C10H13N5O3S. The summed E-state index contributed by atoms with van der Waals surface area (Å²) in [5.41, 5.74) is 1.29. The Balaban J connectivity index is 1.94. The lowest BCUT2D eigenvalue weighted by Gasteiger charge is -2.04. The van der Waals surface area contributed by atoms with Crippen LogP contribution in [0.4, 0.5) is 0 Å². The zero-order chi connectivity index (χ0) is 13.9. The molecular weight excluding hydrogens is 270 g/mol. The van der Waals surface area contributed by atoms with Gasteiger partial charge in [-0.05, 0) is 12.1 Å². The van der Waals surface area contributed by atoms with Gasteiger partial charge < -0.3 is 5.32 Å². The first kappa shape index (κ1) is 13.4. The summed E-state index contributed by atoms with van der Waals surface area (Å²) >= 11 is 0. The highest BCUT2D eigenvalue weighted by Gasteiger charge is 2.09. The molecule has 2 heterocycles. The molecule has 0 spiro atoms. The van der Waals surface area contributed by atoms with Crippen LogP contribution in [0.2, 0.25) is 0 Å². The molecule has 0 aliphatic heterocycles. The minimum atomic E-state index is -3.37. The van der Waals surface area contributed by atoms with Crippen molar-refractivity contribution in [2.45, 2.75) is 6.54 Å². The van der Waals surface area contributed by atoms with E-state index in [0.717, 1.165) is 17.3 Å². The summed E-state index contributed by atoms with van der Waals surface area (Å²) in [6.45, 7) is -0.0599. The summed E-state index contributed by atoms with van der Waals surface area (Å²) in [6.07, 6.45) is 2.62. The van der Waals surface area contributed by atoms with Crippen molar-refractivity contribution in [3.8, 4) is 0 Å². The predicted molar refractivity (Wildman–Crippen MR) is 68.6 cm³/mol. The molecule has 9 heteroatoms. The number of rotatable bonds is 5. The van der Waals surface area contributed by atoms with Crippen molar-refractivity contribution in [3.05, 3.63) is 24.0 Å². The third kappa shape index (κ3) is 3.73. The number of aromatic nitrogens is 3. The molecule has 0 saturated carbocycles. The van der Waals surface area contributed by atoms with Gasteiger partial charge in [-0.15, -0.1) is 0 Å². The molecule has 0 aromatic carbocycles. The molecule has 0 bridgehead atoms. The first-order valence-electron chi connectivity index (χ1n) is 5.45. The van der Waals surface area contributed by atoms with E-state index in [4.69, 9.17) is 0 Å². The minimum Gasteiger partial charge on any atom is -0.349 e. The fourth-order valence-electron chi connectivity index (χ4n) is 1.48. The van der Waals surface area contributed by atoms with Crippen molar-refractivity contribution < 1.29 is 13.2 Å². The number of hydrogen-bond donors (Lipinski definition) is 3. The Labute approximate surface area is 109 Å². The maximum atomic E-state index is 11.4. The average molecular weight is 283 g/mol. The van der Waals surface area contributed by atoms with Crippen molar-refractivity contribution in [2.24, 2.45) is 0 Å². The third-order valence-corrected chi connectivity index (χ3v) is 3.03. The van der Waals surface area contributed by atoms with E-state index in [1.807, 2.05) is 6.07 Å². The number of pyridine rings is 1. The van der Waals surface area contributed by atoms with Gasteiger partial charge in [0.2, 0.25) is 15.9 Å². The van der Waals surface area contributed by atoms with Gasteiger partial charge in [0.25, 0.3) is 0 Å². The van der Waals surface area contributed by atoms with Crippen LogP contribution in [0.5, 0.6) is 0 Å². The second-order valence-corrected chi connectivity index (χ2v) is 5.78. The second-order valence-electron chi connectivity index (χ2n) is 3.95.